The smallest absolute Gasteiger partial charge is 0.358 e. The SMILES string of the molecule is O=[N+]([O-])c1n[nH]nc1C1CCCCC1. The molecule has 0 aliphatic heterocycles. The van der Waals surface area contributed by atoms with E-state index in [1.807, 2.05) is 0 Å². The van der Waals surface area contributed by atoms with Crippen molar-refractivity contribution >= 4 is 5.82 Å². The second kappa shape index (κ2) is 3.73. The van der Waals surface area contributed by atoms with Crippen molar-refractivity contribution < 1.29 is 4.92 Å². The zero-order chi connectivity index (χ0) is 9.97. The summed E-state index contributed by atoms with van der Waals surface area (Å²) in [4.78, 5) is 10.1. The lowest BCUT2D eigenvalue weighted by atomic mass is 9.87. The third kappa shape index (κ3) is 1.59. The van der Waals surface area contributed by atoms with Gasteiger partial charge in [0, 0.05) is 5.92 Å². The molecular weight excluding hydrogens is 184 g/mol. The normalized spacial score (nSPS) is 18.3. The van der Waals surface area contributed by atoms with Gasteiger partial charge in [-0.15, -0.1) is 10.3 Å². The molecule has 1 fully saturated rings. The predicted molar refractivity (Wildman–Crippen MR) is 48.9 cm³/mol. The number of nitrogens with one attached hydrogen (secondary N) is 1. The number of rotatable bonds is 2. The molecule has 76 valence electrons. The molecule has 1 aromatic heterocycles. The second-order valence-electron chi connectivity index (χ2n) is 3.62. The molecule has 14 heavy (non-hydrogen) atoms. The summed E-state index contributed by atoms with van der Waals surface area (Å²) < 4.78 is 0. The first-order chi connectivity index (χ1) is 6.79. The molecule has 0 amide bonds. The van der Waals surface area contributed by atoms with Crippen LogP contribution in [0, 0.1) is 10.1 Å². The molecule has 0 spiro atoms. The zero-order valence-corrected chi connectivity index (χ0v) is 7.77. The van der Waals surface area contributed by atoms with Crippen LogP contribution in [0.3, 0.4) is 0 Å². The van der Waals surface area contributed by atoms with E-state index in [0.717, 1.165) is 25.7 Å². The minimum atomic E-state index is -0.465. The van der Waals surface area contributed by atoms with Gasteiger partial charge in [-0.05, 0) is 17.8 Å². The van der Waals surface area contributed by atoms with Crippen molar-refractivity contribution in [2.75, 3.05) is 0 Å². The van der Waals surface area contributed by atoms with Crippen LogP contribution in [0.25, 0.3) is 0 Å². The zero-order valence-electron chi connectivity index (χ0n) is 7.77. The van der Waals surface area contributed by atoms with Crippen LogP contribution in [0.4, 0.5) is 5.82 Å². The molecule has 1 aliphatic carbocycles. The molecule has 2 rings (SSSR count). The monoisotopic (exact) mass is 196 g/mol. The van der Waals surface area contributed by atoms with Gasteiger partial charge in [0.2, 0.25) is 0 Å². The summed E-state index contributed by atoms with van der Waals surface area (Å²) >= 11 is 0. The lowest BCUT2D eigenvalue weighted by molar-refractivity contribution is -0.390. The lowest BCUT2D eigenvalue weighted by Gasteiger charge is -2.18. The van der Waals surface area contributed by atoms with Gasteiger partial charge in [0.05, 0.1) is 5.10 Å². The minimum Gasteiger partial charge on any atom is -0.358 e. The van der Waals surface area contributed by atoms with E-state index in [2.05, 4.69) is 15.4 Å². The molecule has 0 aromatic carbocycles. The standard InChI is InChI=1S/C8H12N4O2/c13-12(14)8-7(9-11-10-8)6-4-2-1-3-5-6/h6H,1-5H2,(H,9,10,11). The Hall–Kier alpha value is -1.46. The van der Waals surface area contributed by atoms with Crippen LogP contribution in [0.2, 0.25) is 0 Å². The Morgan fingerprint density at radius 1 is 1.29 bits per heavy atom. The van der Waals surface area contributed by atoms with E-state index in [1.54, 1.807) is 0 Å². The second-order valence-corrected chi connectivity index (χ2v) is 3.62. The van der Waals surface area contributed by atoms with Crippen molar-refractivity contribution in [2.45, 2.75) is 38.0 Å². The summed E-state index contributed by atoms with van der Waals surface area (Å²) in [5, 5.41) is 20.4. The highest BCUT2D eigenvalue weighted by Gasteiger charge is 2.28. The number of hydrogen-bond acceptors (Lipinski definition) is 4. The lowest BCUT2D eigenvalue weighted by Crippen LogP contribution is -2.07. The summed E-state index contributed by atoms with van der Waals surface area (Å²) in [5.74, 6) is 0.125. The molecule has 1 aliphatic rings. The molecule has 0 atom stereocenters. The van der Waals surface area contributed by atoms with Crippen molar-refractivity contribution in [1.82, 2.24) is 15.4 Å². The highest BCUT2D eigenvalue weighted by atomic mass is 16.6. The Morgan fingerprint density at radius 3 is 2.64 bits per heavy atom. The Morgan fingerprint density at radius 2 is 2.00 bits per heavy atom. The molecule has 1 N–H and O–H groups in total. The van der Waals surface area contributed by atoms with Gasteiger partial charge >= 0.3 is 5.82 Å². The largest absolute Gasteiger partial charge is 0.413 e. The van der Waals surface area contributed by atoms with Crippen LogP contribution in [-0.4, -0.2) is 20.3 Å². The fourth-order valence-electron chi connectivity index (χ4n) is 2.02. The summed E-state index contributed by atoms with van der Waals surface area (Å²) in [6.07, 6.45) is 5.48. The van der Waals surface area contributed by atoms with Gasteiger partial charge in [-0.1, -0.05) is 19.3 Å². The van der Waals surface area contributed by atoms with Crippen LogP contribution in [0.1, 0.15) is 43.7 Å². The Bertz CT molecular complexity index is 330. The molecule has 0 radical (unpaired) electrons. The Balaban J connectivity index is 2.21. The molecule has 0 unspecified atom stereocenters. The van der Waals surface area contributed by atoms with Gasteiger partial charge in [0.1, 0.15) is 0 Å². The average Bonchev–Trinajstić information content (AvgIpc) is 2.67. The van der Waals surface area contributed by atoms with Gasteiger partial charge < -0.3 is 10.1 Å². The summed E-state index contributed by atoms with van der Waals surface area (Å²) in [5.41, 5.74) is 0.537. The van der Waals surface area contributed by atoms with Crippen molar-refractivity contribution in [3.8, 4) is 0 Å². The summed E-state index contributed by atoms with van der Waals surface area (Å²) in [6.45, 7) is 0. The number of nitro groups is 1. The van der Waals surface area contributed by atoms with Gasteiger partial charge in [0.25, 0.3) is 0 Å². The van der Waals surface area contributed by atoms with Crippen LogP contribution in [0.5, 0.6) is 0 Å². The maximum absolute atomic E-state index is 10.6. The molecule has 0 saturated heterocycles. The quantitative estimate of drug-likeness (QED) is 0.576. The highest BCUT2D eigenvalue weighted by Crippen LogP contribution is 2.34. The van der Waals surface area contributed by atoms with E-state index in [1.165, 1.54) is 6.42 Å². The van der Waals surface area contributed by atoms with E-state index in [-0.39, 0.29) is 11.7 Å². The topological polar surface area (TPSA) is 84.7 Å². The van der Waals surface area contributed by atoms with Gasteiger partial charge in [0.15, 0.2) is 5.69 Å². The number of H-pyrrole nitrogens is 1. The molecule has 1 heterocycles. The average molecular weight is 196 g/mol. The molecule has 6 nitrogen and oxygen atoms in total. The van der Waals surface area contributed by atoms with Crippen LogP contribution >= 0.6 is 0 Å². The molecule has 0 bridgehead atoms. The first-order valence-electron chi connectivity index (χ1n) is 4.84. The van der Waals surface area contributed by atoms with E-state index in [9.17, 15) is 10.1 Å². The first kappa shape index (κ1) is 9.11. The van der Waals surface area contributed by atoms with Gasteiger partial charge in [-0.25, -0.2) is 0 Å². The van der Waals surface area contributed by atoms with Crippen molar-refractivity contribution in [1.29, 1.82) is 0 Å². The fraction of sp³-hybridized carbons (Fsp3) is 0.750. The van der Waals surface area contributed by atoms with Gasteiger partial charge in [-0.2, -0.15) is 0 Å². The van der Waals surface area contributed by atoms with Crippen molar-refractivity contribution in [2.24, 2.45) is 0 Å². The van der Waals surface area contributed by atoms with Crippen LogP contribution in [0.15, 0.2) is 0 Å². The predicted octanol–water partition coefficient (Wildman–Crippen LogP) is 1.76. The summed E-state index contributed by atoms with van der Waals surface area (Å²) in [7, 11) is 0. The van der Waals surface area contributed by atoms with Crippen LogP contribution in [-0.2, 0) is 0 Å². The van der Waals surface area contributed by atoms with Crippen molar-refractivity contribution in [3.63, 3.8) is 0 Å². The van der Waals surface area contributed by atoms with Crippen molar-refractivity contribution in [3.05, 3.63) is 15.8 Å². The maximum atomic E-state index is 10.6. The van der Waals surface area contributed by atoms with E-state index in [4.69, 9.17) is 0 Å². The van der Waals surface area contributed by atoms with E-state index < -0.39 is 4.92 Å². The molecule has 1 saturated carbocycles. The molecular formula is C8H12N4O2. The fourth-order valence-corrected chi connectivity index (χ4v) is 2.02. The van der Waals surface area contributed by atoms with Gasteiger partial charge in [-0.3, -0.25) is 0 Å². The maximum Gasteiger partial charge on any atom is 0.413 e. The number of nitrogens with zero attached hydrogens (tertiary/aromatic N) is 3. The number of hydrogen-bond donors (Lipinski definition) is 1. The molecule has 6 heteroatoms. The molecule has 1 aromatic rings. The van der Waals surface area contributed by atoms with Crippen LogP contribution < -0.4 is 0 Å². The first-order valence-corrected chi connectivity index (χ1v) is 4.84. The number of aromatic nitrogens is 3. The van der Waals surface area contributed by atoms with E-state index in [0.29, 0.717) is 5.69 Å². The Kier molecular flexibility index (Phi) is 2.43. The third-order valence-electron chi connectivity index (χ3n) is 2.72. The third-order valence-corrected chi connectivity index (χ3v) is 2.72. The van der Waals surface area contributed by atoms with E-state index >= 15 is 0 Å². The summed E-state index contributed by atoms with van der Waals surface area (Å²) in [6, 6.07) is 0. The number of aromatic amines is 1. The minimum absolute atomic E-state index is 0.100. The Labute approximate surface area is 80.9 Å². The highest BCUT2D eigenvalue weighted by molar-refractivity contribution is 5.27.